The third-order valence-electron chi connectivity index (χ3n) is 2.23. The van der Waals surface area contributed by atoms with Crippen LogP contribution in [0.25, 0.3) is 0 Å². The Bertz CT molecular complexity index is 351. The molecule has 1 heterocycles. The molecule has 0 spiro atoms. The summed E-state index contributed by atoms with van der Waals surface area (Å²) in [6.45, 7) is 3.91. The van der Waals surface area contributed by atoms with Crippen LogP contribution in [0.1, 0.15) is 24.0 Å². The summed E-state index contributed by atoms with van der Waals surface area (Å²) in [5.74, 6) is 1.14. The third-order valence-corrected chi connectivity index (χ3v) is 4.02. The number of hydrogen-bond acceptors (Lipinski definition) is 5. The van der Waals surface area contributed by atoms with Gasteiger partial charge in [-0.1, -0.05) is 6.92 Å². The van der Waals surface area contributed by atoms with Crippen LogP contribution in [0, 0.1) is 6.92 Å². The minimum Gasteiger partial charge on any atom is -0.394 e. The second-order valence-electron chi connectivity index (χ2n) is 3.71. The van der Waals surface area contributed by atoms with Crippen molar-refractivity contribution in [2.24, 2.45) is 0 Å². The van der Waals surface area contributed by atoms with Gasteiger partial charge in [0.25, 0.3) is 0 Å². The Kier molecular flexibility index (Phi) is 6.54. The molecule has 1 aromatic rings. The van der Waals surface area contributed by atoms with E-state index in [9.17, 15) is 4.79 Å². The van der Waals surface area contributed by atoms with Crippen molar-refractivity contribution < 1.29 is 9.90 Å². The predicted octanol–water partition coefficient (Wildman–Crippen LogP) is 1.57. The minimum atomic E-state index is -0.121. The summed E-state index contributed by atoms with van der Waals surface area (Å²) in [6, 6.07) is -0.121. The largest absolute Gasteiger partial charge is 0.394 e. The molecule has 0 bridgehead atoms. The molecular formula is C11H18N2O2S2. The molecule has 0 aliphatic carbocycles. The van der Waals surface area contributed by atoms with Gasteiger partial charge in [-0.15, -0.1) is 23.1 Å². The van der Waals surface area contributed by atoms with Gasteiger partial charge in [-0.25, -0.2) is 4.98 Å². The summed E-state index contributed by atoms with van der Waals surface area (Å²) in [5.41, 5.74) is 1.03. The van der Waals surface area contributed by atoms with E-state index in [-0.39, 0.29) is 18.6 Å². The fourth-order valence-electron chi connectivity index (χ4n) is 1.27. The first kappa shape index (κ1) is 14.5. The van der Waals surface area contributed by atoms with E-state index in [1.54, 1.807) is 23.1 Å². The Balaban J connectivity index is 2.20. The minimum absolute atomic E-state index is 0.00180. The molecule has 0 saturated carbocycles. The van der Waals surface area contributed by atoms with Crippen LogP contribution in [0.5, 0.6) is 0 Å². The molecule has 1 unspecified atom stereocenters. The van der Waals surface area contributed by atoms with E-state index in [2.05, 4.69) is 10.3 Å². The quantitative estimate of drug-likeness (QED) is 0.792. The maximum Gasteiger partial charge on any atom is 0.230 e. The number of nitrogens with one attached hydrogen (secondary N) is 1. The van der Waals surface area contributed by atoms with Crippen LogP contribution < -0.4 is 5.32 Å². The van der Waals surface area contributed by atoms with Crippen LogP contribution >= 0.6 is 23.1 Å². The number of thioether (sulfide) groups is 1. The fraction of sp³-hybridized carbons (Fsp3) is 0.636. The van der Waals surface area contributed by atoms with Gasteiger partial charge in [0.1, 0.15) is 0 Å². The molecule has 0 radical (unpaired) electrons. The average molecular weight is 274 g/mol. The number of nitrogens with zero attached hydrogens (tertiary/aromatic N) is 1. The molecule has 17 heavy (non-hydrogen) atoms. The zero-order valence-corrected chi connectivity index (χ0v) is 11.7. The first-order valence-corrected chi connectivity index (χ1v) is 7.58. The van der Waals surface area contributed by atoms with Crippen LogP contribution in [-0.4, -0.2) is 34.4 Å². The maximum absolute atomic E-state index is 11.5. The number of hydrogen-bond donors (Lipinski definition) is 2. The van der Waals surface area contributed by atoms with Gasteiger partial charge in [-0.2, -0.15) is 0 Å². The topological polar surface area (TPSA) is 62.2 Å². The smallest absolute Gasteiger partial charge is 0.230 e. The second-order valence-corrected chi connectivity index (χ2v) is 5.75. The Morgan fingerprint density at radius 3 is 3.00 bits per heavy atom. The Morgan fingerprint density at radius 1 is 1.71 bits per heavy atom. The zero-order valence-electron chi connectivity index (χ0n) is 10.1. The van der Waals surface area contributed by atoms with E-state index in [0.717, 1.165) is 22.9 Å². The highest BCUT2D eigenvalue weighted by Crippen LogP contribution is 2.14. The molecule has 1 atom stereocenters. The summed E-state index contributed by atoms with van der Waals surface area (Å²) in [7, 11) is 0. The number of rotatable bonds is 7. The van der Waals surface area contributed by atoms with E-state index in [0.29, 0.717) is 5.75 Å². The van der Waals surface area contributed by atoms with Crippen LogP contribution in [0.3, 0.4) is 0 Å². The van der Waals surface area contributed by atoms with Gasteiger partial charge in [0.15, 0.2) is 0 Å². The fourth-order valence-corrected chi connectivity index (χ4v) is 2.71. The number of aromatic nitrogens is 1. The third kappa shape index (κ3) is 5.52. The van der Waals surface area contributed by atoms with Crippen molar-refractivity contribution in [1.29, 1.82) is 0 Å². The molecule has 0 aliphatic rings. The first-order chi connectivity index (χ1) is 8.15. The highest BCUT2D eigenvalue weighted by Gasteiger charge is 2.09. The zero-order chi connectivity index (χ0) is 12.7. The van der Waals surface area contributed by atoms with Gasteiger partial charge < -0.3 is 10.4 Å². The van der Waals surface area contributed by atoms with E-state index in [1.165, 1.54) is 0 Å². The van der Waals surface area contributed by atoms with Crippen molar-refractivity contribution >= 4 is 29.0 Å². The van der Waals surface area contributed by atoms with Crippen molar-refractivity contribution in [3.05, 3.63) is 16.1 Å². The van der Waals surface area contributed by atoms with Gasteiger partial charge >= 0.3 is 0 Å². The second kappa shape index (κ2) is 7.68. The molecule has 1 rings (SSSR count). The number of thiazole rings is 1. The Labute approximate surface area is 110 Å². The molecule has 6 heteroatoms. The normalized spacial score (nSPS) is 12.4. The van der Waals surface area contributed by atoms with Crippen molar-refractivity contribution in [3.8, 4) is 0 Å². The van der Waals surface area contributed by atoms with Crippen LogP contribution in [0.4, 0.5) is 0 Å². The first-order valence-electron chi connectivity index (χ1n) is 5.54. The monoisotopic (exact) mass is 274 g/mol. The van der Waals surface area contributed by atoms with Gasteiger partial charge in [-0.3, -0.25) is 4.79 Å². The molecule has 0 aliphatic heterocycles. The van der Waals surface area contributed by atoms with Gasteiger partial charge in [-0.05, 0) is 13.3 Å². The molecule has 1 amide bonds. The highest BCUT2D eigenvalue weighted by atomic mass is 32.2. The molecule has 0 fully saturated rings. The van der Waals surface area contributed by atoms with Crippen LogP contribution in [0.2, 0.25) is 0 Å². The van der Waals surface area contributed by atoms with Crippen molar-refractivity contribution in [1.82, 2.24) is 10.3 Å². The molecule has 0 saturated heterocycles. The van der Waals surface area contributed by atoms with Gasteiger partial charge in [0.2, 0.25) is 5.91 Å². The molecule has 1 aromatic heterocycles. The van der Waals surface area contributed by atoms with Crippen molar-refractivity contribution in [2.75, 3.05) is 12.4 Å². The lowest BCUT2D eigenvalue weighted by Gasteiger charge is -2.13. The van der Waals surface area contributed by atoms with E-state index in [4.69, 9.17) is 5.11 Å². The number of aliphatic hydroxyl groups is 1. The van der Waals surface area contributed by atoms with Crippen molar-refractivity contribution in [3.63, 3.8) is 0 Å². The summed E-state index contributed by atoms with van der Waals surface area (Å²) in [4.78, 5) is 15.8. The SMILES string of the molecule is CCC(CO)NC(=O)CSCc1csc(C)n1. The number of aliphatic hydroxyl groups excluding tert-OH is 1. The average Bonchev–Trinajstić information content (AvgIpc) is 2.72. The molecule has 96 valence electrons. The number of amides is 1. The molecular weight excluding hydrogens is 256 g/mol. The summed E-state index contributed by atoms with van der Waals surface area (Å²) in [5, 5.41) is 14.8. The lowest BCUT2D eigenvalue weighted by atomic mass is 10.2. The lowest BCUT2D eigenvalue weighted by molar-refractivity contribution is -0.119. The lowest BCUT2D eigenvalue weighted by Crippen LogP contribution is -2.37. The van der Waals surface area contributed by atoms with E-state index >= 15 is 0 Å². The Hall–Kier alpha value is -0.590. The van der Waals surface area contributed by atoms with E-state index < -0.39 is 0 Å². The standard InChI is InChI=1S/C11H18N2O2S2/c1-3-9(4-14)13-11(15)7-16-5-10-6-17-8(2)12-10/h6,9,14H,3-5,7H2,1-2H3,(H,13,15). The summed E-state index contributed by atoms with van der Waals surface area (Å²) >= 11 is 3.16. The van der Waals surface area contributed by atoms with Gasteiger partial charge in [0, 0.05) is 11.1 Å². The number of aryl methyl sites for hydroxylation is 1. The Morgan fingerprint density at radius 2 is 2.47 bits per heavy atom. The number of carbonyl (C=O) groups is 1. The molecule has 0 aromatic carbocycles. The van der Waals surface area contributed by atoms with Crippen LogP contribution in [-0.2, 0) is 10.5 Å². The van der Waals surface area contributed by atoms with Crippen molar-refractivity contribution in [2.45, 2.75) is 32.1 Å². The molecule has 2 N–H and O–H groups in total. The summed E-state index contributed by atoms with van der Waals surface area (Å²) < 4.78 is 0. The number of carbonyl (C=O) groups excluding carboxylic acids is 1. The van der Waals surface area contributed by atoms with Crippen LogP contribution in [0.15, 0.2) is 5.38 Å². The van der Waals surface area contributed by atoms with E-state index in [1.807, 2.05) is 19.2 Å². The predicted molar refractivity (Wildman–Crippen MR) is 72.3 cm³/mol. The van der Waals surface area contributed by atoms with Gasteiger partial charge in [0.05, 0.1) is 29.1 Å². The molecule has 4 nitrogen and oxygen atoms in total. The summed E-state index contributed by atoms with van der Waals surface area (Å²) in [6.07, 6.45) is 0.748. The highest BCUT2D eigenvalue weighted by molar-refractivity contribution is 7.99. The maximum atomic E-state index is 11.5.